The van der Waals surface area contributed by atoms with Crippen LogP contribution in [0.5, 0.6) is 0 Å². The maximum Gasteiger partial charge on any atom is 0.0749 e. The van der Waals surface area contributed by atoms with Gasteiger partial charge in [0.05, 0.1) is 9.85 Å². The van der Waals surface area contributed by atoms with Gasteiger partial charge in [-0.3, -0.25) is 0 Å². The molecule has 84 valence electrons. The van der Waals surface area contributed by atoms with Crippen molar-refractivity contribution in [3.63, 3.8) is 0 Å². The first-order valence-corrected chi connectivity index (χ1v) is 8.17. The van der Waals surface area contributed by atoms with Gasteiger partial charge >= 0.3 is 0 Å². The molecule has 0 bridgehead atoms. The van der Waals surface area contributed by atoms with Crippen molar-refractivity contribution in [2.75, 3.05) is 0 Å². The SMILES string of the molecule is Clc1ccc(C(Br)c2sccc2Br)cc1Br. The third kappa shape index (κ3) is 2.72. The minimum Gasteiger partial charge on any atom is -0.146 e. The van der Waals surface area contributed by atoms with Crippen LogP contribution in [0.3, 0.4) is 0 Å². The molecule has 1 atom stereocenters. The highest BCUT2D eigenvalue weighted by Crippen LogP contribution is 2.40. The summed E-state index contributed by atoms with van der Waals surface area (Å²) in [4.78, 5) is 1.45. The standard InChI is InChI=1S/C11H6Br3ClS/c12-7-3-4-16-11(7)10(14)6-1-2-9(15)8(13)5-6/h1-5,10H. The maximum absolute atomic E-state index is 5.97. The maximum atomic E-state index is 5.97. The summed E-state index contributed by atoms with van der Waals surface area (Å²) in [6.07, 6.45) is 0. The van der Waals surface area contributed by atoms with E-state index >= 15 is 0 Å². The van der Waals surface area contributed by atoms with Crippen molar-refractivity contribution in [1.82, 2.24) is 0 Å². The Bertz CT molecular complexity index is 510. The summed E-state index contributed by atoms with van der Waals surface area (Å²) in [5.41, 5.74) is 1.18. The highest BCUT2D eigenvalue weighted by Gasteiger charge is 2.15. The summed E-state index contributed by atoms with van der Waals surface area (Å²) in [5.74, 6) is 0. The Morgan fingerprint density at radius 2 is 1.88 bits per heavy atom. The highest BCUT2D eigenvalue weighted by molar-refractivity contribution is 9.11. The molecule has 0 N–H and O–H groups in total. The van der Waals surface area contributed by atoms with Crippen LogP contribution in [0.1, 0.15) is 15.3 Å². The van der Waals surface area contributed by atoms with Crippen LogP contribution in [0.15, 0.2) is 38.6 Å². The molecule has 16 heavy (non-hydrogen) atoms. The van der Waals surface area contributed by atoms with Crippen molar-refractivity contribution < 1.29 is 0 Å². The first-order chi connectivity index (χ1) is 7.59. The molecule has 1 aromatic carbocycles. The minimum absolute atomic E-state index is 0.190. The minimum atomic E-state index is 0.190. The molecule has 0 aliphatic carbocycles. The summed E-state index contributed by atoms with van der Waals surface area (Å²) in [6, 6.07) is 8.02. The van der Waals surface area contributed by atoms with Gasteiger partial charge < -0.3 is 0 Å². The predicted molar refractivity (Wildman–Crippen MR) is 81.9 cm³/mol. The van der Waals surface area contributed by atoms with E-state index in [1.54, 1.807) is 11.3 Å². The van der Waals surface area contributed by atoms with Gasteiger partial charge in [0.1, 0.15) is 0 Å². The van der Waals surface area contributed by atoms with Gasteiger partial charge in [0.25, 0.3) is 0 Å². The average Bonchev–Trinajstić information content (AvgIpc) is 2.67. The van der Waals surface area contributed by atoms with Gasteiger partial charge in [0, 0.05) is 13.8 Å². The van der Waals surface area contributed by atoms with E-state index in [1.165, 1.54) is 10.4 Å². The van der Waals surface area contributed by atoms with Crippen molar-refractivity contribution in [2.45, 2.75) is 4.83 Å². The molecule has 1 heterocycles. The lowest BCUT2D eigenvalue weighted by atomic mass is 10.1. The molecule has 0 aliphatic rings. The third-order valence-electron chi connectivity index (χ3n) is 2.11. The molecule has 0 nitrogen and oxygen atoms in total. The second-order valence-corrected chi connectivity index (χ2v) is 7.15. The van der Waals surface area contributed by atoms with Crippen LogP contribution in [-0.4, -0.2) is 0 Å². The second kappa shape index (κ2) is 5.53. The molecule has 0 fully saturated rings. The molecule has 0 aliphatic heterocycles. The fraction of sp³-hybridized carbons (Fsp3) is 0.0909. The largest absolute Gasteiger partial charge is 0.146 e. The first-order valence-electron chi connectivity index (χ1n) is 4.41. The molecule has 2 aromatic rings. The molecule has 5 heteroatoms. The number of rotatable bonds is 2. The van der Waals surface area contributed by atoms with Crippen molar-refractivity contribution in [2.24, 2.45) is 0 Å². The van der Waals surface area contributed by atoms with Gasteiger partial charge in [-0.25, -0.2) is 0 Å². The molecule has 0 saturated carbocycles. The number of alkyl halides is 1. The smallest absolute Gasteiger partial charge is 0.0749 e. The molecule has 2 rings (SSSR count). The Morgan fingerprint density at radius 3 is 2.44 bits per heavy atom. The summed E-state index contributed by atoms with van der Waals surface area (Å²) >= 11 is 18.4. The predicted octanol–water partition coefficient (Wildman–Crippen LogP) is 6.41. The fourth-order valence-electron chi connectivity index (χ4n) is 1.31. The van der Waals surface area contributed by atoms with E-state index in [1.807, 2.05) is 18.2 Å². The van der Waals surface area contributed by atoms with Gasteiger partial charge in [-0.05, 0) is 61.0 Å². The summed E-state index contributed by atoms with van der Waals surface area (Å²) < 4.78 is 2.05. The van der Waals surface area contributed by atoms with Crippen LogP contribution in [-0.2, 0) is 0 Å². The average molecular weight is 445 g/mol. The highest BCUT2D eigenvalue weighted by atomic mass is 79.9. The Hall–Kier alpha value is 0.650. The second-order valence-electron chi connectivity index (χ2n) is 3.17. The lowest BCUT2D eigenvalue weighted by molar-refractivity contribution is 1.21. The van der Waals surface area contributed by atoms with Crippen molar-refractivity contribution in [1.29, 1.82) is 0 Å². The zero-order valence-electron chi connectivity index (χ0n) is 7.88. The van der Waals surface area contributed by atoms with Gasteiger partial charge in [0.15, 0.2) is 0 Å². The lowest BCUT2D eigenvalue weighted by Crippen LogP contribution is -1.90. The number of thiophene rings is 1. The molecular formula is C11H6Br3ClS. The van der Waals surface area contributed by atoms with E-state index in [4.69, 9.17) is 11.6 Å². The molecule has 1 unspecified atom stereocenters. The van der Waals surface area contributed by atoms with E-state index in [0.29, 0.717) is 0 Å². The van der Waals surface area contributed by atoms with Gasteiger partial charge in [-0.15, -0.1) is 11.3 Å². The Labute approximate surface area is 128 Å². The van der Waals surface area contributed by atoms with Gasteiger partial charge in [-0.2, -0.15) is 0 Å². The quantitative estimate of drug-likeness (QED) is 0.469. The topological polar surface area (TPSA) is 0 Å². The van der Waals surface area contributed by atoms with Crippen LogP contribution in [0, 0.1) is 0 Å². The Balaban J connectivity index is 2.38. The lowest BCUT2D eigenvalue weighted by Gasteiger charge is -2.10. The molecule has 1 aromatic heterocycles. The summed E-state index contributed by atoms with van der Waals surface area (Å²) in [7, 11) is 0. The number of halogens is 4. The normalized spacial score (nSPS) is 12.8. The van der Waals surface area contributed by atoms with Crippen LogP contribution < -0.4 is 0 Å². The van der Waals surface area contributed by atoms with Crippen LogP contribution in [0.2, 0.25) is 5.02 Å². The molecular weight excluding hydrogens is 439 g/mol. The molecule has 0 spiro atoms. The van der Waals surface area contributed by atoms with Gasteiger partial charge in [0.2, 0.25) is 0 Å². The molecule has 0 saturated heterocycles. The molecule has 0 radical (unpaired) electrons. The van der Waals surface area contributed by atoms with E-state index in [9.17, 15) is 0 Å². The van der Waals surface area contributed by atoms with E-state index in [0.717, 1.165) is 14.0 Å². The number of hydrogen-bond donors (Lipinski definition) is 0. The summed E-state index contributed by atoms with van der Waals surface area (Å²) in [6.45, 7) is 0. The number of benzene rings is 1. The van der Waals surface area contributed by atoms with Crippen molar-refractivity contribution in [3.8, 4) is 0 Å². The van der Waals surface area contributed by atoms with Crippen LogP contribution >= 0.6 is 70.7 Å². The van der Waals surface area contributed by atoms with E-state index in [-0.39, 0.29) is 4.83 Å². The van der Waals surface area contributed by atoms with Crippen molar-refractivity contribution in [3.05, 3.63) is 54.1 Å². The van der Waals surface area contributed by atoms with Crippen molar-refractivity contribution >= 4 is 70.7 Å². The first kappa shape index (κ1) is 13.1. The fourth-order valence-corrected chi connectivity index (χ4v) is 4.59. The zero-order valence-corrected chi connectivity index (χ0v) is 14.2. The van der Waals surface area contributed by atoms with Crippen LogP contribution in [0.4, 0.5) is 0 Å². The Morgan fingerprint density at radius 1 is 1.12 bits per heavy atom. The Kier molecular flexibility index (Phi) is 4.52. The van der Waals surface area contributed by atoms with E-state index < -0.39 is 0 Å². The molecule has 0 amide bonds. The monoisotopic (exact) mass is 442 g/mol. The number of hydrogen-bond acceptors (Lipinski definition) is 1. The van der Waals surface area contributed by atoms with E-state index in [2.05, 4.69) is 59.2 Å². The zero-order chi connectivity index (χ0) is 11.7. The van der Waals surface area contributed by atoms with Crippen LogP contribution in [0.25, 0.3) is 0 Å². The summed E-state index contributed by atoms with van der Waals surface area (Å²) in [5, 5.41) is 2.80. The van der Waals surface area contributed by atoms with Gasteiger partial charge in [-0.1, -0.05) is 33.6 Å². The third-order valence-corrected chi connectivity index (χ3v) is 6.55.